The van der Waals surface area contributed by atoms with E-state index >= 15 is 0 Å². The maximum Gasteiger partial charge on any atom is 0.409 e. The van der Waals surface area contributed by atoms with E-state index in [0.717, 1.165) is 19.3 Å². The molecule has 0 aromatic rings. The number of alkyl halides is 1. The highest BCUT2D eigenvalue weighted by molar-refractivity contribution is 5.79. The highest BCUT2D eigenvalue weighted by Crippen LogP contribution is 2.36. The molecule has 33 heavy (non-hydrogen) atoms. The Morgan fingerprint density at radius 2 is 1.79 bits per heavy atom. The molecule has 2 amide bonds. The quantitative estimate of drug-likeness (QED) is 0.673. The van der Waals surface area contributed by atoms with Crippen molar-refractivity contribution in [1.29, 1.82) is 0 Å². The monoisotopic (exact) mass is 465 g/mol. The second-order valence-corrected chi connectivity index (χ2v) is 10.4. The lowest BCUT2D eigenvalue weighted by Gasteiger charge is -2.33. The normalized spacial score (nSPS) is 39.8. The predicted octanol–water partition coefficient (Wildman–Crippen LogP) is 2.56. The van der Waals surface area contributed by atoms with Crippen molar-refractivity contribution in [3.05, 3.63) is 0 Å². The zero-order valence-corrected chi connectivity index (χ0v) is 19.4. The molecule has 1 N–H and O–H groups in total. The minimum absolute atomic E-state index is 0.0373. The number of carbonyl (C=O) groups excluding carboxylic acids is 2. The molecule has 3 heterocycles. The zero-order valence-electron chi connectivity index (χ0n) is 19.4. The van der Waals surface area contributed by atoms with Crippen molar-refractivity contribution >= 4 is 12.0 Å². The van der Waals surface area contributed by atoms with Crippen molar-refractivity contribution in [3.8, 4) is 0 Å². The van der Waals surface area contributed by atoms with E-state index in [0.29, 0.717) is 63.9 Å². The molecule has 8 unspecified atom stereocenters. The van der Waals surface area contributed by atoms with Crippen LogP contribution in [0.15, 0.2) is 10.3 Å². The first-order chi connectivity index (χ1) is 16.0. The van der Waals surface area contributed by atoms with Gasteiger partial charge in [-0.3, -0.25) is 10.2 Å². The molecule has 0 radical (unpaired) electrons. The van der Waals surface area contributed by atoms with E-state index in [2.05, 4.69) is 15.8 Å². The molecule has 184 valence electrons. The van der Waals surface area contributed by atoms with Gasteiger partial charge < -0.3 is 19.3 Å². The lowest BCUT2D eigenvalue weighted by atomic mass is 9.82. The third kappa shape index (κ3) is 4.81. The van der Waals surface area contributed by atoms with E-state index in [-0.39, 0.29) is 48.6 Å². The number of hydrogen-bond acceptors (Lipinski definition) is 7. The summed E-state index contributed by atoms with van der Waals surface area (Å²) in [5.41, 5.74) is 3.04. The van der Waals surface area contributed by atoms with Gasteiger partial charge >= 0.3 is 6.09 Å². The first-order valence-electron chi connectivity index (χ1n) is 12.6. The number of nitrogens with one attached hydrogen (secondary N) is 1. The van der Waals surface area contributed by atoms with Gasteiger partial charge in [0.1, 0.15) is 6.17 Å². The minimum atomic E-state index is -0.844. The molecule has 0 aromatic carbocycles. The van der Waals surface area contributed by atoms with Crippen LogP contribution in [0.2, 0.25) is 0 Å². The van der Waals surface area contributed by atoms with Crippen LogP contribution in [-0.4, -0.2) is 85.6 Å². The van der Waals surface area contributed by atoms with Gasteiger partial charge in [-0.1, -0.05) is 5.22 Å². The van der Waals surface area contributed by atoms with E-state index in [1.165, 1.54) is 0 Å². The van der Waals surface area contributed by atoms with Crippen LogP contribution in [0.5, 0.6) is 0 Å². The number of hydrogen-bond donors (Lipinski definition) is 1. The lowest BCUT2D eigenvalue weighted by molar-refractivity contribution is -0.136. The average Bonchev–Trinajstić information content (AvgIpc) is 3.52. The number of amides is 2. The van der Waals surface area contributed by atoms with Crippen LogP contribution in [0.1, 0.15) is 45.4 Å². The summed E-state index contributed by atoms with van der Waals surface area (Å²) in [7, 11) is 0. The first-order valence-corrected chi connectivity index (χ1v) is 12.6. The Kier molecular flexibility index (Phi) is 6.72. The van der Waals surface area contributed by atoms with Crippen molar-refractivity contribution < 1.29 is 23.5 Å². The topological polar surface area (TPSA) is 95.8 Å². The van der Waals surface area contributed by atoms with Crippen LogP contribution >= 0.6 is 0 Å². The summed E-state index contributed by atoms with van der Waals surface area (Å²) in [6, 6.07) is 0.416. The Balaban J connectivity index is 1.07. The average molecular weight is 466 g/mol. The van der Waals surface area contributed by atoms with Gasteiger partial charge in [0.15, 0.2) is 0 Å². The lowest BCUT2D eigenvalue weighted by Crippen LogP contribution is -2.44. The molecule has 4 fully saturated rings. The van der Waals surface area contributed by atoms with Gasteiger partial charge in [-0.15, -0.1) is 0 Å². The third-order valence-corrected chi connectivity index (χ3v) is 8.30. The summed E-state index contributed by atoms with van der Waals surface area (Å²) in [4.78, 5) is 29.6. The number of likely N-dealkylation sites (tertiary alicyclic amines) is 2. The molecule has 0 aromatic heterocycles. The van der Waals surface area contributed by atoms with Crippen molar-refractivity contribution in [2.45, 2.75) is 69.8 Å². The molecule has 9 nitrogen and oxygen atoms in total. The van der Waals surface area contributed by atoms with Gasteiger partial charge in [0.05, 0.1) is 24.8 Å². The molecule has 8 atom stereocenters. The predicted molar refractivity (Wildman–Crippen MR) is 117 cm³/mol. The number of ether oxygens (including phenoxy) is 2. The molecular weight excluding hydrogens is 429 g/mol. The Morgan fingerprint density at radius 3 is 2.55 bits per heavy atom. The van der Waals surface area contributed by atoms with Crippen LogP contribution in [0.4, 0.5) is 9.18 Å². The van der Waals surface area contributed by atoms with E-state index < -0.39 is 6.17 Å². The minimum Gasteiger partial charge on any atom is -0.449 e. The number of nitrogens with zero attached hydrogens (tertiary/aromatic N) is 4. The molecular formula is C23H36FN5O4. The summed E-state index contributed by atoms with van der Waals surface area (Å²) < 4.78 is 25.2. The fraction of sp³-hybridized carbons (Fsp3) is 0.913. The molecule has 2 saturated heterocycles. The van der Waals surface area contributed by atoms with Crippen molar-refractivity contribution in [2.24, 2.45) is 34.0 Å². The Hall–Kier alpha value is -1.97. The van der Waals surface area contributed by atoms with Crippen LogP contribution in [0.3, 0.4) is 0 Å². The van der Waals surface area contributed by atoms with E-state index in [9.17, 15) is 14.0 Å². The smallest absolute Gasteiger partial charge is 0.409 e. The van der Waals surface area contributed by atoms with Crippen molar-refractivity contribution in [3.63, 3.8) is 0 Å². The number of carbonyl (C=O) groups is 2. The second kappa shape index (κ2) is 9.72. The van der Waals surface area contributed by atoms with Crippen molar-refractivity contribution in [2.75, 3.05) is 39.4 Å². The molecule has 0 spiro atoms. The molecule has 3 aliphatic heterocycles. The summed E-state index contributed by atoms with van der Waals surface area (Å²) in [6.45, 7) is 5.37. The third-order valence-electron chi connectivity index (χ3n) is 8.30. The highest BCUT2D eigenvalue weighted by Gasteiger charge is 2.46. The Labute approximate surface area is 194 Å². The summed E-state index contributed by atoms with van der Waals surface area (Å²) in [6.07, 6.45) is 2.95. The second-order valence-electron chi connectivity index (χ2n) is 10.4. The van der Waals surface area contributed by atoms with Crippen LogP contribution in [0, 0.1) is 23.7 Å². The van der Waals surface area contributed by atoms with Crippen LogP contribution < -0.4 is 5.43 Å². The highest BCUT2D eigenvalue weighted by atomic mass is 19.1. The molecule has 10 heteroatoms. The largest absolute Gasteiger partial charge is 0.449 e. The SMILES string of the molecule is CCOC1CCC(F)CC1COC(=O)N1CC2CN(C(=O)C3CCC4N=NNC4C3)CC2C1. The van der Waals surface area contributed by atoms with Gasteiger partial charge in [-0.25, -0.2) is 9.18 Å². The van der Waals surface area contributed by atoms with E-state index in [4.69, 9.17) is 9.47 Å². The van der Waals surface area contributed by atoms with Gasteiger partial charge in [-0.2, -0.15) is 5.11 Å². The maximum atomic E-state index is 13.9. The summed E-state index contributed by atoms with van der Waals surface area (Å²) >= 11 is 0. The standard InChI is InChI=1S/C23H36FN5O4/c1-2-32-21-6-4-18(24)7-15(21)13-33-23(31)29-11-16-9-28(10-17(16)12-29)22(30)14-3-5-19-20(8-14)26-27-25-19/h14-21H,2-13H2,1H3,(H,25,26). The number of halogens is 1. The van der Waals surface area contributed by atoms with Crippen LogP contribution in [-0.2, 0) is 14.3 Å². The first kappa shape index (κ1) is 22.8. The Bertz CT molecular complexity index is 755. The number of rotatable bonds is 5. The molecule has 2 saturated carbocycles. The summed E-state index contributed by atoms with van der Waals surface area (Å²) in [5.74, 6) is 0.793. The maximum absolute atomic E-state index is 13.9. The van der Waals surface area contributed by atoms with E-state index in [1.807, 2.05) is 11.8 Å². The Morgan fingerprint density at radius 1 is 1.03 bits per heavy atom. The molecule has 0 bridgehead atoms. The summed E-state index contributed by atoms with van der Waals surface area (Å²) in [5, 5.41) is 8.12. The fourth-order valence-electron chi connectivity index (χ4n) is 6.48. The van der Waals surface area contributed by atoms with Crippen molar-refractivity contribution in [1.82, 2.24) is 15.2 Å². The molecule has 2 aliphatic carbocycles. The van der Waals surface area contributed by atoms with Gasteiger partial charge in [-0.05, 0) is 45.4 Å². The molecule has 5 rings (SSSR count). The van der Waals surface area contributed by atoms with Gasteiger partial charge in [0.25, 0.3) is 0 Å². The van der Waals surface area contributed by atoms with Crippen LogP contribution in [0.25, 0.3) is 0 Å². The zero-order chi connectivity index (χ0) is 22.9. The fourth-order valence-corrected chi connectivity index (χ4v) is 6.48. The van der Waals surface area contributed by atoms with E-state index in [1.54, 1.807) is 4.90 Å². The van der Waals surface area contributed by atoms with Gasteiger partial charge in [0.2, 0.25) is 5.91 Å². The molecule has 5 aliphatic rings. The van der Waals surface area contributed by atoms with Gasteiger partial charge in [0, 0.05) is 56.5 Å². The number of fused-ring (bicyclic) bond motifs is 2.